The minimum absolute atomic E-state index is 0.0231. The molecule has 0 bridgehead atoms. The van der Waals surface area contributed by atoms with Crippen molar-refractivity contribution in [1.29, 1.82) is 0 Å². The Bertz CT molecular complexity index is 274. The number of ether oxygens (including phenoxy) is 1. The summed E-state index contributed by atoms with van der Waals surface area (Å²) in [5.74, 6) is -0.984. The van der Waals surface area contributed by atoms with E-state index in [-0.39, 0.29) is 12.1 Å². The first-order valence-electron chi connectivity index (χ1n) is 5.47. The third-order valence-electron chi connectivity index (χ3n) is 2.58. The van der Waals surface area contributed by atoms with Gasteiger partial charge in [0.15, 0.2) is 11.8 Å². The van der Waals surface area contributed by atoms with Crippen molar-refractivity contribution in [1.82, 2.24) is 5.32 Å². The molecule has 2 aliphatic rings. The number of carboxylic acids is 1. The fourth-order valence-electron chi connectivity index (χ4n) is 1.49. The van der Waals surface area contributed by atoms with Gasteiger partial charge in [0.1, 0.15) is 0 Å². The Morgan fingerprint density at radius 1 is 1.75 bits per heavy atom. The van der Waals surface area contributed by atoms with Crippen LogP contribution in [-0.4, -0.2) is 35.4 Å². The maximum atomic E-state index is 10.3. The fraction of sp³-hybridized carbons (Fsp3) is 0.800. The highest BCUT2D eigenvalue weighted by atomic mass is 16.6. The second-order valence-electron chi connectivity index (χ2n) is 4.02. The van der Waals surface area contributed by atoms with Gasteiger partial charge in [0.05, 0.1) is 0 Å². The molecule has 2 atom stereocenters. The minimum Gasteiger partial charge on any atom is -0.479 e. The summed E-state index contributed by atoms with van der Waals surface area (Å²) in [6, 6.07) is 0. The van der Waals surface area contributed by atoms with Gasteiger partial charge in [-0.25, -0.2) is 9.59 Å². The number of aliphatic carboxylic acids is 1. The number of hydrogen-bond donors (Lipinski definition) is 3. The maximum absolute atomic E-state index is 10.3. The van der Waals surface area contributed by atoms with Gasteiger partial charge in [0.25, 0.3) is 0 Å². The highest BCUT2D eigenvalue weighted by molar-refractivity contribution is 5.87. The van der Waals surface area contributed by atoms with Crippen molar-refractivity contribution in [2.45, 2.75) is 44.4 Å². The van der Waals surface area contributed by atoms with E-state index in [1.54, 1.807) is 0 Å². The lowest BCUT2D eigenvalue weighted by molar-refractivity contribution is -0.144. The Morgan fingerprint density at radius 3 is 2.56 bits per heavy atom. The summed E-state index contributed by atoms with van der Waals surface area (Å²) < 4.78 is 4.52. The normalized spacial score (nSPS) is 31.4. The van der Waals surface area contributed by atoms with Gasteiger partial charge in [-0.05, 0) is 25.8 Å². The van der Waals surface area contributed by atoms with Gasteiger partial charge >= 0.3 is 11.9 Å². The van der Waals surface area contributed by atoms with Crippen LogP contribution in [0.2, 0.25) is 0 Å². The van der Waals surface area contributed by atoms with Crippen LogP contribution in [0.4, 0.5) is 0 Å². The number of cyclic esters (lactones) is 1. The van der Waals surface area contributed by atoms with Gasteiger partial charge in [-0.2, -0.15) is 0 Å². The van der Waals surface area contributed by atoms with Crippen LogP contribution in [0.3, 0.4) is 0 Å². The topological polar surface area (TPSA) is 105 Å². The van der Waals surface area contributed by atoms with Gasteiger partial charge < -0.3 is 15.6 Å². The number of carbonyl (C=O) groups excluding carboxylic acids is 1. The van der Waals surface area contributed by atoms with Crippen LogP contribution in [0.5, 0.6) is 0 Å². The highest BCUT2D eigenvalue weighted by Crippen LogP contribution is 2.16. The zero-order valence-electron chi connectivity index (χ0n) is 9.36. The van der Waals surface area contributed by atoms with Gasteiger partial charge in [0.2, 0.25) is 0 Å². The lowest BCUT2D eigenvalue weighted by Gasteiger charge is -2.16. The van der Waals surface area contributed by atoms with E-state index >= 15 is 0 Å². The molecule has 6 nitrogen and oxygen atoms in total. The zero-order valence-corrected chi connectivity index (χ0v) is 9.36. The van der Waals surface area contributed by atoms with Crippen molar-refractivity contribution in [3.63, 3.8) is 0 Å². The molecule has 1 unspecified atom stereocenters. The molecule has 0 amide bonds. The van der Waals surface area contributed by atoms with E-state index in [4.69, 9.17) is 10.8 Å². The Morgan fingerprint density at radius 2 is 2.38 bits per heavy atom. The zero-order chi connectivity index (χ0) is 12.2. The molecular weight excluding hydrogens is 212 g/mol. The van der Waals surface area contributed by atoms with Crippen molar-refractivity contribution in [3.05, 3.63) is 0 Å². The molecule has 0 spiro atoms. The third-order valence-corrected chi connectivity index (χ3v) is 2.58. The average Bonchev–Trinajstić information content (AvgIpc) is 2.75. The summed E-state index contributed by atoms with van der Waals surface area (Å²) in [7, 11) is 0. The van der Waals surface area contributed by atoms with Crippen molar-refractivity contribution < 1.29 is 19.4 Å². The number of hydrogen-bond acceptors (Lipinski definition) is 5. The number of nitrogens with two attached hydrogens (primary N) is 1. The molecule has 2 fully saturated rings. The molecule has 0 aromatic carbocycles. The number of carbonyl (C=O) groups is 2. The van der Waals surface area contributed by atoms with Crippen LogP contribution in [0.15, 0.2) is 0 Å². The van der Waals surface area contributed by atoms with Crippen LogP contribution in [0, 0.1) is 0 Å². The molecule has 6 heteroatoms. The van der Waals surface area contributed by atoms with Gasteiger partial charge in [-0.1, -0.05) is 13.3 Å². The number of carboxylic acid groups (broad SMARTS) is 1. The van der Waals surface area contributed by atoms with E-state index in [9.17, 15) is 9.59 Å². The first-order chi connectivity index (χ1) is 7.49. The molecule has 16 heavy (non-hydrogen) atoms. The van der Waals surface area contributed by atoms with Crippen molar-refractivity contribution in [2.24, 2.45) is 5.73 Å². The first-order valence-corrected chi connectivity index (χ1v) is 5.47. The summed E-state index contributed by atoms with van der Waals surface area (Å²) in [5, 5.41) is 11.2. The van der Waals surface area contributed by atoms with Crippen LogP contribution in [-0.2, 0) is 14.3 Å². The molecule has 2 saturated heterocycles. The third kappa shape index (κ3) is 3.46. The Balaban J connectivity index is 0.000000165. The Labute approximate surface area is 94.1 Å². The van der Waals surface area contributed by atoms with Crippen LogP contribution in [0.25, 0.3) is 0 Å². The largest absolute Gasteiger partial charge is 0.479 e. The molecular formula is C10H18N2O4. The maximum Gasteiger partial charge on any atom is 0.348 e. The van der Waals surface area contributed by atoms with Crippen molar-refractivity contribution in [2.75, 3.05) is 6.54 Å². The predicted molar refractivity (Wildman–Crippen MR) is 56.6 cm³/mol. The number of epoxide rings is 1. The monoisotopic (exact) mass is 230 g/mol. The standard InChI is InChI=1S/C5H10N2O2.C5H8O2/c6-5(4(8)9)2-1-3-7-5;1-2-3-4-5(6)7-4/h7H,1-3,6H2,(H,8,9);4H,2-3H2,1H3/t5-;/m0./s1. The minimum atomic E-state index is -1.14. The van der Waals surface area contributed by atoms with E-state index in [1.165, 1.54) is 0 Å². The molecule has 0 aromatic rings. The SMILES string of the molecule is CCCC1OC1=O.N[C@@]1(C(=O)O)CCCN1. The van der Waals surface area contributed by atoms with Crippen molar-refractivity contribution >= 4 is 11.9 Å². The molecule has 2 rings (SSSR count). The average molecular weight is 230 g/mol. The Kier molecular flexibility index (Phi) is 4.26. The van der Waals surface area contributed by atoms with Gasteiger partial charge in [-0.3, -0.25) is 5.32 Å². The Hall–Kier alpha value is -1.14. The summed E-state index contributed by atoms with van der Waals surface area (Å²) in [4.78, 5) is 20.4. The smallest absolute Gasteiger partial charge is 0.348 e. The van der Waals surface area contributed by atoms with Crippen LogP contribution < -0.4 is 11.1 Å². The van der Waals surface area contributed by atoms with E-state index < -0.39 is 11.6 Å². The van der Waals surface area contributed by atoms with Gasteiger partial charge in [0, 0.05) is 0 Å². The molecule has 0 aromatic heterocycles. The summed E-state index contributed by atoms with van der Waals surface area (Å²) in [6.45, 7) is 2.75. The fourth-order valence-corrected chi connectivity index (χ4v) is 1.49. The summed E-state index contributed by atoms with van der Waals surface area (Å²) in [5.41, 5.74) is 4.25. The van der Waals surface area contributed by atoms with E-state index in [2.05, 4.69) is 10.1 Å². The number of rotatable bonds is 3. The summed E-state index contributed by atoms with van der Waals surface area (Å²) in [6.07, 6.45) is 3.30. The lowest BCUT2D eigenvalue weighted by atomic mass is 10.1. The van der Waals surface area contributed by atoms with E-state index in [1.807, 2.05) is 6.92 Å². The molecule has 92 valence electrons. The molecule has 4 N–H and O–H groups in total. The van der Waals surface area contributed by atoms with Crippen molar-refractivity contribution in [3.8, 4) is 0 Å². The molecule has 2 aliphatic heterocycles. The quantitative estimate of drug-likeness (QED) is 0.581. The predicted octanol–water partition coefficient (Wildman–Crippen LogP) is -0.179. The molecule has 2 heterocycles. The first kappa shape index (κ1) is 12.9. The summed E-state index contributed by atoms with van der Waals surface area (Å²) >= 11 is 0. The second-order valence-corrected chi connectivity index (χ2v) is 4.02. The molecule has 0 radical (unpaired) electrons. The molecule has 0 aliphatic carbocycles. The van der Waals surface area contributed by atoms with Crippen LogP contribution >= 0.6 is 0 Å². The molecule has 0 saturated carbocycles. The van der Waals surface area contributed by atoms with E-state index in [0.29, 0.717) is 13.0 Å². The number of nitrogens with one attached hydrogen (secondary N) is 1. The highest BCUT2D eigenvalue weighted by Gasteiger charge is 2.36. The van der Waals surface area contributed by atoms with E-state index in [0.717, 1.165) is 19.3 Å². The van der Waals surface area contributed by atoms with Gasteiger partial charge in [-0.15, -0.1) is 0 Å². The lowest BCUT2D eigenvalue weighted by Crippen LogP contribution is -2.55. The second kappa shape index (κ2) is 5.27. The van der Waals surface area contributed by atoms with Crippen LogP contribution in [0.1, 0.15) is 32.6 Å².